The highest BCUT2D eigenvalue weighted by Crippen LogP contribution is 2.53. The summed E-state index contributed by atoms with van der Waals surface area (Å²) in [6.45, 7) is 6.74. The van der Waals surface area contributed by atoms with Crippen LogP contribution in [0.2, 0.25) is 0 Å². The van der Waals surface area contributed by atoms with Gasteiger partial charge in [0.1, 0.15) is 5.58 Å². The van der Waals surface area contributed by atoms with Crippen LogP contribution >= 0.6 is 0 Å². The lowest BCUT2D eigenvalue weighted by Crippen LogP contribution is -2.53. The summed E-state index contributed by atoms with van der Waals surface area (Å²) in [4.78, 5) is 46.8. The van der Waals surface area contributed by atoms with Crippen LogP contribution in [0.4, 0.5) is 10.1 Å². The first kappa shape index (κ1) is 35.0. The molecular formula is C38H45FN4O8S. The molecule has 52 heavy (non-hydrogen) atoms. The Hall–Kier alpha value is -4.01. The number of rotatable bonds is 9. The van der Waals surface area contributed by atoms with Gasteiger partial charge < -0.3 is 23.7 Å². The van der Waals surface area contributed by atoms with Crippen LogP contribution in [0.5, 0.6) is 5.75 Å². The molecule has 3 aromatic rings. The first-order valence-electron chi connectivity index (χ1n) is 18.2. The molecule has 4 fully saturated rings. The number of amides is 2. The maximum absolute atomic E-state index is 16.5. The Labute approximate surface area is 302 Å². The van der Waals surface area contributed by atoms with Gasteiger partial charge in [0.2, 0.25) is 10.0 Å². The Morgan fingerprint density at radius 3 is 2.48 bits per heavy atom. The average molecular weight is 737 g/mol. The van der Waals surface area contributed by atoms with E-state index in [-0.39, 0.29) is 36.4 Å². The van der Waals surface area contributed by atoms with Crippen LogP contribution in [0, 0.1) is 24.6 Å². The van der Waals surface area contributed by atoms with Crippen molar-refractivity contribution in [2.75, 3.05) is 51.8 Å². The third-order valence-corrected chi connectivity index (χ3v) is 14.3. The molecule has 2 aliphatic heterocycles. The van der Waals surface area contributed by atoms with Crippen molar-refractivity contribution >= 4 is 38.5 Å². The number of likely N-dealkylation sites (N-methyl/N-ethyl adjacent to an activating group) is 1. The summed E-state index contributed by atoms with van der Waals surface area (Å²) < 4.78 is 60.7. The molecule has 1 N–H and O–H groups in total. The molecule has 2 aromatic carbocycles. The van der Waals surface area contributed by atoms with Gasteiger partial charge in [0, 0.05) is 49.9 Å². The largest absolute Gasteiger partial charge is 0.486 e. The maximum atomic E-state index is 16.5. The Kier molecular flexibility index (Phi) is 8.65. The standard InChI is InChI=1S/C38H45FN4O8S/c1-21-31(42-14-13-41(3)24(18-42)20-49-4)8-7-27-26-9-12-43(19-30(26)37(46)51-33(21)27)36(45)28-5-6-29(35(44)40-52(47,48)38(2)10-11-38)34(32(28)39)50-25-16-22-15-23(22)17-25/h5-8,22-25H,9-20H2,1-4H3,(H,40,44)/t22-,23+,24-,25?/m1/s1. The first-order chi connectivity index (χ1) is 24.8. The molecule has 0 radical (unpaired) electrons. The van der Waals surface area contributed by atoms with Crippen molar-refractivity contribution in [3.63, 3.8) is 0 Å². The van der Waals surface area contributed by atoms with Gasteiger partial charge in [-0.2, -0.15) is 0 Å². The van der Waals surface area contributed by atoms with Crippen molar-refractivity contribution in [1.82, 2.24) is 14.5 Å². The quantitative estimate of drug-likeness (QED) is 0.321. The predicted octanol–water partition coefficient (Wildman–Crippen LogP) is 4.00. The first-order valence-corrected chi connectivity index (χ1v) is 19.6. The lowest BCUT2D eigenvalue weighted by atomic mass is 9.95. The number of sulfonamides is 1. The summed E-state index contributed by atoms with van der Waals surface area (Å²) in [5.74, 6) is -2.12. The summed E-state index contributed by atoms with van der Waals surface area (Å²) >= 11 is 0. The fourth-order valence-corrected chi connectivity index (χ4v) is 9.60. The van der Waals surface area contributed by atoms with E-state index in [9.17, 15) is 22.8 Å². The molecule has 14 heteroatoms. The maximum Gasteiger partial charge on any atom is 0.341 e. The molecule has 3 aliphatic carbocycles. The summed E-state index contributed by atoms with van der Waals surface area (Å²) in [6, 6.07) is 6.71. The number of carbonyl (C=O) groups is 2. The molecule has 2 amide bonds. The summed E-state index contributed by atoms with van der Waals surface area (Å²) in [5.41, 5.74) is 2.40. The second-order valence-electron chi connectivity index (χ2n) is 15.6. The van der Waals surface area contributed by atoms with Gasteiger partial charge in [-0.05, 0) is 101 Å². The topological polar surface area (TPSA) is 139 Å². The van der Waals surface area contributed by atoms with E-state index in [1.165, 1.54) is 17.0 Å². The number of piperazine rings is 1. The fourth-order valence-electron chi connectivity index (χ4n) is 8.36. The highest BCUT2D eigenvalue weighted by Gasteiger charge is 2.51. The number of methoxy groups -OCH3 is 1. The van der Waals surface area contributed by atoms with Gasteiger partial charge in [-0.15, -0.1) is 0 Å². The molecule has 8 rings (SSSR count). The molecule has 1 aromatic heterocycles. The van der Waals surface area contributed by atoms with Crippen LogP contribution in [0.25, 0.3) is 11.0 Å². The Morgan fingerprint density at radius 1 is 1.04 bits per heavy atom. The second-order valence-corrected chi connectivity index (χ2v) is 17.8. The van der Waals surface area contributed by atoms with Crippen LogP contribution in [-0.2, 0) is 27.7 Å². The van der Waals surface area contributed by atoms with E-state index in [4.69, 9.17) is 13.9 Å². The van der Waals surface area contributed by atoms with Gasteiger partial charge in [0.05, 0.1) is 46.7 Å². The molecule has 0 bridgehead atoms. The van der Waals surface area contributed by atoms with Gasteiger partial charge in [-0.25, -0.2) is 22.3 Å². The van der Waals surface area contributed by atoms with Crippen LogP contribution in [-0.4, -0.2) is 93.9 Å². The predicted molar refractivity (Wildman–Crippen MR) is 192 cm³/mol. The van der Waals surface area contributed by atoms with Crippen molar-refractivity contribution in [3.05, 3.63) is 68.3 Å². The zero-order chi connectivity index (χ0) is 36.7. The molecule has 4 atom stereocenters. The summed E-state index contributed by atoms with van der Waals surface area (Å²) in [7, 11) is -0.213. The zero-order valence-electron chi connectivity index (χ0n) is 30.0. The number of ether oxygens (including phenoxy) is 2. The lowest BCUT2D eigenvalue weighted by molar-refractivity contribution is 0.0725. The van der Waals surface area contributed by atoms with E-state index in [0.717, 1.165) is 48.3 Å². The van der Waals surface area contributed by atoms with Gasteiger partial charge >= 0.3 is 5.63 Å². The molecule has 278 valence electrons. The fraction of sp³-hybridized carbons (Fsp3) is 0.553. The second kappa shape index (κ2) is 12.8. The molecule has 3 heterocycles. The van der Waals surface area contributed by atoms with Crippen molar-refractivity contribution in [2.45, 2.75) is 75.8 Å². The normalized spacial score (nSPS) is 25.1. The van der Waals surface area contributed by atoms with E-state index in [1.54, 1.807) is 14.0 Å². The minimum Gasteiger partial charge on any atom is -0.486 e. The van der Waals surface area contributed by atoms with Gasteiger partial charge in [-0.3, -0.25) is 14.5 Å². The monoisotopic (exact) mass is 736 g/mol. The van der Waals surface area contributed by atoms with Gasteiger partial charge in [-0.1, -0.05) is 0 Å². The zero-order valence-corrected chi connectivity index (χ0v) is 30.8. The number of hydrogen-bond acceptors (Lipinski definition) is 10. The molecule has 1 unspecified atom stereocenters. The lowest BCUT2D eigenvalue weighted by Gasteiger charge is -2.41. The Bertz CT molecular complexity index is 2140. The van der Waals surface area contributed by atoms with E-state index in [0.29, 0.717) is 61.7 Å². The number of hydrogen-bond donors (Lipinski definition) is 1. The highest BCUT2D eigenvalue weighted by molar-refractivity contribution is 7.91. The van der Waals surface area contributed by atoms with Crippen LogP contribution in [0.1, 0.15) is 76.4 Å². The smallest absolute Gasteiger partial charge is 0.341 e. The van der Waals surface area contributed by atoms with Gasteiger partial charge in [0.15, 0.2) is 11.6 Å². The number of benzene rings is 2. The summed E-state index contributed by atoms with van der Waals surface area (Å²) in [6.07, 6.45) is 3.36. The number of aryl methyl sites for hydroxylation is 1. The van der Waals surface area contributed by atoms with Crippen molar-refractivity contribution in [3.8, 4) is 5.75 Å². The Balaban J connectivity index is 1.06. The Morgan fingerprint density at radius 2 is 1.77 bits per heavy atom. The van der Waals surface area contributed by atoms with Crippen LogP contribution in [0.3, 0.4) is 0 Å². The highest BCUT2D eigenvalue weighted by atomic mass is 32.2. The molecule has 5 aliphatic rings. The number of halogens is 1. The minimum atomic E-state index is -4.00. The molecule has 1 saturated heterocycles. The number of fused-ring (bicyclic) bond motifs is 4. The minimum absolute atomic E-state index is 0.0783. The van der Waals surface area contributed by atoms with E-state index >= 15 is 4.39 Å². The van der Waals surface area contributed by atoms with E-state index < -0.39 is 43.8 Å². The van der Waals surface area contributed by atoms with Crippen molar-refractivity contribution in [2.24, 2.45) is 11.8 Å². The van der Waals surface area contributed by atoms with E-state index in [2.05, 4.69) is 27.6 Å². The van der Waals surface area contributed by atoms with Crippen molar-refractivity contribution < 1.29 is 36.3 Å². The summed E-state index contributed by atoms with van der Waals surface area (Å²) in [5, 5.41) is 0.812. The third kappa shape index (κ3) is 6.06. The molecular weight excluding hydrogens is 692 g/mol. The SMILES string of the molecule is COC[C@H]1CN(c2ccc3c4c(c(=O)oc3c2C)CN(C(=O)c2ccc(C(=O)NS(=O)(=O)C3(C)CC3)c(OC3C[C@@H]5C[C@@H]5C3)c2F)CC4)CCN1C. The van der Waals surface area contributed by atoms with Gasteiger partial charge in [0.25, 0.3) is 11.8 Å². The molecule has 3 saturated carbocycles. The molecule has 12 nitrogen and oxygen atoms in total. The number of anilines is 1. The van der Waals surface area contributed by atoms with E-state index in [1.807, 2.05) is 13.0 Å². The average Bonchev–Trinajstić information content (AvgIpc) is 4.02. The molecule has 0 spiro atoms. The van der Waals surface area contributed by atoms with Crippen LogP contribution in [0.15, 0.2) is 33.5 Å². The third-order valence-electron chi connectivity index (χ3n) is 12.1. The number of carbonyl (C=O) groups excluding carboxylic acids is 2. The number of nitrogens with one attached hydrogen (secondary N) is 1. The van der Waals surface area contributed by atoms with Crippen molar-refractivity contribution in [1.29, 1.82) is 0 Å². The van der Waals surface area contributed by atoms with Crippen LogP contribution < -0.4 is 20.0 Å². The number of nitrogens with zero attached hydrogens (tertiary/aromatic N) is 3.